The molecule has 0 fully saturated rings. The Balaban J connectivity index is 2.37. The lowest BCUT2D eigenvalue weighted by Gasteiger charge is -2.08. The number of aliphatic hydroxyl groups excluding tert-OH is 1. The molecule has 0 bridgehead atoms. The number of hydrogen-bond donors (Lipinski definition) is 2. The molecule has 0 amide bonds. The van der Waals surface area contributed by atoms with Gasteiger partial charge in [0.1, 0.15) is 5.82 Å². The Bertz CT molecular complexity index is 320. The van der Waals surface area contributed by atoms with Crippen LogP contribution in [0.5, 0.6) is 0 Å². The van der Waals surface area contributed by atoms with Crippen molar-refractivity contribution in [2.24, 2.45) is 0 Å². The van der Waals surface area contributed by atoms with Gasteiger partial charge in [0.2, 0.25) is 0 Å². The summed E-state index contributed by atoms with van der Waals surface area (Å²) in [5.74, 6) is 0.686. The largest absolute Gasteiger partial charge is 0.393 e. The Kier molecular flexibility index (Phi) is 5.36. The minimum atomic E-state index is -0.250. The van der Waals surface area contributed by atoms with Crippen molar-refractivity contribution in [3.8, 4) is 0 Å². The fourth-order valence-electron chi connectivity index (χ4n) is 1.15. The monoisotopic (exact) mass is 292 g/mol. The van der Waals surface area contributed by atoms with Gasteiger partial charge in [-0.25, -0.2) is 4.98 Å². The van der Waals surface area contributed by atoms with E-state index in [2.05, 4.69) is 26.2 Å². The lowest BCUT2D eigenvalue weighted by atomic mass is 10.2. The van der Waals surface area contributed by atoms with Crippen molar-refractivity contribution in [2.75, 3.05) is 11.9 Å². The van der Waals surface area contributed by atoms with Crippen LogP contribution in [0.2, 0.25) is 5.02 Å². The topological polar surface area (TPSA) is 45.1 Å². The zero-order valence-corrected chi connectivity index (χ0v) is 10.8. The maximum absolute atomic E-state index is 9.06. The molecule has 0 aliphatic rings. The van der Waals surface area contributed by atoms with Crippen LogP contribution >= 0.6 is 27.5 Å². The maximum atomic E-state index is 9.06. The van der Waals surface area contributed by atoms with Gasteiger partial charge >= 0.3 is 0 Å². The summed E-state index contributed by atoms with van der Waals surface area (Å²) in [4.78, 5) is 4.14. The summed E-state index contributed by atoms with van der Waals surface area (Å²) < 4.78 is 0.863. The van der Waals surface area contributed by atoms with Crippen LogP contribution in [0, 0.1) is 0 Å². The first kappa shape index (κ1) is 12.7. The molecule has 1 rings (SSSR count). The number of aliphatic hydroxyl groups is 1. The van der Waals surface area contributed by atoms with Gasteiger partial charge in [0.05, 0.1) is 11.1 Å². The molecule has 1 heterocycles. The average molecular weight is 294 g/mol. The predicted molar refractivity (Wildman–Crippen MR) is 66.4 cm³/mol. The SMILES string of the molecule is CC(O)CCCNc1ncc(Br)cc1Cl. The number of nitrogens with zero attached hydrogens (tertiary/aromatic N) is 1. The Morgan fingerprint density at radius 1 is 1.67 bits per heavy atom. The van der Waals surface area contributed by atoms with Crippen LogP contribution < -0.4 is 5.32 Å². The van der Waals surface area contributed by atoms with Gasteiger partial charge in [0, 0.05) is 17.2 Å². The van der Waals surface area contributed by atoms with Crippen molar-refractivity contribution < 1.29 is 5.11 Å². The molecule has 2 N–H and O–H groups in total. The minimum Gasteiger partial charge on any atom is -0.393 e. The van der Waals surface area contributed by atoms with Crippen LogP contribution in [0.1, 0.15) is 19.8 Å². The number of halogens is 2. The number of rotatable bonds is 5. The summed E-state index contributed by atoms with van der Waals surface area (Å²) in [6.45, 7) is 2.55. The van der Waals surface area contributed by atoms with E-state index in [1.165, 1.54) is 0 Å². The fourth-order valence-corrected chi connectivity index (χ4v) is 1.85. The Morgan fingerprint density at radius 2 is 2.40 bits per heavy atom. The number of pyridine rings is 1. The van der Waals surface area contributed by atoms with E-state index in [1.54, 1.807) is 19.2 Å². The highest BCUT2D eigenvalue weighted by Gasteiger charge is 2.02. The molecule has 5 heteroatoms. The van der Waals surface area contributed by atoms with E-state index in [0.29, 0.717) is 10.8 Å². The van der Waals surface area contributed by atoms with Crippen molar-refractivity contribution in [1.29, 1.82) is 0 Å². The quantitative estimate of drug-likeness (QED) is 0.820. The summed E-state index contributed by atoms with van der Waals surface area (Å²) in [6, 6.07) is 1.80. The van der Waals surface area contributed by atoms with Crippen molar-refractivity contribution in [2.45, 2.75) is 25.9 Å². The molecule has 0 radical (unpaired) electrons. The molecule has 0 spiro atoms. The first-order valence-electron chi connectivity index (χ1n) is 4.82. The molecule has 15 heavy (non-hydrogen) atoms. The van der Waals surface area contributed by atoms with Gasteiger partial charge < -0.3 is 10.4 Å². The number of anilines is 1. The average Bonchev–Trinajstić information content (AvgIpc) is 2.14. The lowest BCUT2D eigenvalue weighted by Crippen LogP contribution is -2.07. The summed E-state index contributed by atoms with van der Waals surface area (Å²) in [6.07, 6.45) is 3.12. The van der Waals surface area contributed by atoms with Crippen molar-refractivity contribution in [3.05, 3.63) is 21.8 Å². The molecule has 0 aliphatic carbocycles. The predicted octanol–water partition coefficient (Wildman–Crippen LogP) is 3.07. The second-order valence-electron chi connectivity index (χ2n) is 3.40. The molecule has 0 saturated heterocycles. The van der Waals surface area contributed by atoms with Crippen LogP contribution in [0.15, 0.2) is 16.7 Å². The van der Waals surface area contributed by atoms with Crippen molar-refractivity contribution in [1.82, 2.24) is 4.98 Å². The second kappa shape index (κ2) is 6.30. The third-order valence-electron chi connectivity index (χ3n) is 1.90. The zero-order valence-electron chi connectivity index (χ0n) is 8.50. The van der Waals surface area contributed by atoms with Gasteiger partial charge in [-0.3, -0.25) is 0 Å². The number of hydrogen-bond acceptors (Lipinski definition) is 3. The van der Waals surface area contributed by atoms with Gasteiger partial charge in [-0.2, -0.15) is 0 Å². The van der Waals surface area contributed by atoms with Crippen LogP contribution in [0.25, 0.3) is 0 Å². The third kappa shape index (κ3) is 4.82. The molecule has 1 unspecified atom stereocenters. The van der Waals surface area contributed by atoms with Gasteiger partial charge in [0.25, 0.3) is 0 Å². The fraction of sp³-hybridized carbons (Fsp3) is 0.500. The van der Waals surface area contributed by atoms with Crippen LogP contribution in [-0.2, 0) is 0 Å². The Hall–Kier alpha value is -0.320. The minimum absolute atomic E-state index is 0.250. The van der Waals surface area contributed by atoms with E-state index in [1.807, 2.05) is 0 Å². The Labute approximate surface area is 103 Å². The van der Waals surface area contributed by atoms with Crippen molar-refractivity contribution >= 4 is 33.3 Å². The van der Waals surface area contributed by atoms with Gasteiger partial charge in [-0.1, -0.05) is 11.6 Å². The van der Waals surface area contributed by atoms with Crippen LogP contribution in [0.4, 0.5) is 5.82 Å². The van der Waals surface area contributed by atoms with Gasteiger partial charge in [0.15, 0.2) is 0 Å². The normalized spacial score (nSPS) is 12.5. The van der Waals surface area contributed by atoms with Crippen LogP contribution in [-0.4, -0.2) is 22.7 Å². The first-order valence-corrected chi connectivity index (χ1v) is 5.99. The van der Waals surface area contributed by atoms with E-state index in [0.717, 1.165) is 23.9 Å². The molecule has 1 aromatic heterocycles. The van der Waals surface area contributed by atoms with E-state index in [9.17, 15) is 0 Å². The molecule has 1 atom stereocenters. The Morgan fingerprint density at radius 3 is 3.00 bits per heavy atom. The van der Waals surface area contributed by atoms with E-state index in [-0.39, 0.29) is 6.10 Å². The molecule has 1 aromatic rings. The highest BCUT2D eigenvalue weighted by Crippen LogP contribution is 2.22. The zero-order chi connectivity index (χ0) is 11.3. The highest BCUT2D eigenvalue weighted by atomic mass is 79.9. The van der Waals surface area contributed by atoms with E-state index < -0.39 is 0 Å². The van der Waals surface area contributed by atoms with E-state index in [4.69, 9.17) is 16.7 Å². The molecule has 0 aromatic carbocycles. The summed E-state index contributed by atoms with van der Waals surface area (Å²) >= 11 is 9.26. The molecule has 3 nitrogen and oxygen atoms in total. The molecular formula is C10H14BrClN2O. The summed E-state index contributed by atoms with van der Waals surface area (Å²) in [5, 5.41) is 12.8. The second-order valence-corrected chi connectivity index (χ2v) is 4.72. The lowest BCUT2D eigenvalue weighted by molar-refractivity contribution is 0.183. The third-order valence-corrected chi connectivity index (χ3v) is 2.62. The van der Waals surface area contributed by atoms with Crippen LogP contribution in [0.3, 0.4) is 0 Å². The number of nitrogens with one attached hydrogen (secondary N) is 1. The molecule has 0 aliphatic heterocycles. The van der Waals surface area contributed by atoms with E-state index >= 15 is 0 Å². The van der Waals surface area contributed by atoms with Gasteiger partial charge in [-0.15, -0.1) is 0 Å². The smallest absolute Gasteiger partial charge is 0.144 e. The maximum Gasteiger partial charge on any atom is 0.144 e. The van der Waals surface area contributed by atoms with Crippen molar-refractivity contribution in [3.63, 3.8) is 0 Å². The molecule has 84 valence electrons. The summed E-state index contributed by atoms with van der Waals surface area (Å²) in [7, 11) is 0. The highest BCUT2D eigenvalue weighted by molar-refractivity contribution is 9.10. The first-order chi connectivity index (χ1) is 7.09. The standard InChI is InChI=1S/C10H14BrClN2O/c1-7(15)3-2-4-13-10-9(12)5-8(11)6-14-10/h5-7,15H,2-4H2,1H3,(H,13,14). The summed E-state index contributed by atoms with van der Waals surface area (Å²) in [5.41, 5.74) is 0. The number of aromatic nitrogens is 1. The molecule has 0 saturated carbocycles. The molecular weight excluding hydrogens is 279 g/mol. The van der Waals surface area contributed by atoms with Gasteiger partial charge in [-0.05, 0) is 41.8 Å².